The highest BCUT2D eigenvalue weighted by atomic mass is 15.2. The van der Waals surface area contributed by atoms with Crippen LogP contribution in [0.3, 0.4) is 0 Å². The topological polar surface area (TPSA) is 56.7 Å². The van der Waals surface area contributed by atoms with E-state index in [-0.39, 0.29) is 0 Å². The van der Waals surface area contributed by atoms with Crippen molar-refractivity contribution in [3.63, 3.8) is 0 Å². The summed E-state index contributed by atoms with van der Waals surface area (Å²) in [6, 6.07) is 8.84. The van der Waals surface area contributed by atoms with Crippen LogP contribution >= 0.6 is 0 Å². The Hall–Kier alpha value is -2.10. The van der Waals surface area contributed by atoms with Crippen molar-refractivity contribution in [3.05, 3.63) is 30.5 Å². The number of nitrogens with two attached hydrogens (primary N) is 1. The summed E-state index contributed by atoms with van der Waals surface area (Å²) in [6.45, 7) is 0. The second kappa shape index (κ2) is 3.97. The second-order valence-electron chi connectivity index (χ2n) is 6.51. The number of pyridine rings is 1. The normalized spacial score (nSPS) is 18.9. The van der Waals surface area contributed by atoms with Gasteiger partial charge in [-0.25, -0.2) is 4.98 Å². The number of para-hydroxylation sites is 1. The maximum atomic E-state index is 6.30. The van der Waals surface area contributed by atoms with Gasteiger partial charge in [0, 0.05) is 11.4 Å². The van der Waals surface area contributed by atoms with Crippen molar-refractivity contribution in [2.45, 2.75) is 31.7 Å². The minimum absolute atomic E-state index is 0.542. The molecule has 0 amide bonds. The fourth-order valence-electron chi connectivity index (χ4n) is 3.73. The van der Waals surface area contributed by atoms with E-state index < -0.39 is 0 Å². The Morgan fingerprint density at radius 3 is 2.48 bits per heavy atom. The van der Waals surface area contributed by atoms with Gasteiger partial charge < -0.3 is 10.3 Å². The van der Waals surface area contributed by atoms with Crippen LogP contribution in [0.1, 0.15) is 31.7 Å². The average Bonchev–Trinajstić information content (AvgIpc) is 3.39. The van der Waals surface area contributed by atoms with Gasteiger partial charge >= 0.3 is 0 Å². The molecule has 3 aromatic rings. The van der Waals surface area contributed by atoms with E-state index in [2.05, 4.69) is 32.7 Å². The fourth-order valence-corrected chi connectivity index (χ4v) is 3.73. The summed E-state index contributed by atoms with van der Waals surface area (Å²) in [7, 11) is 0. The van der Waals surface area contributed by atoms with Crippen molar-refractivity contribution < 1.29 is 0 Å². The molecule has 0 aliphatic heterocycles. The Morgan fingerprint density at radius 1 is 1.05 bits per heavy atom. The Balaban J connectivity index is 1.85. The van der Waals surface area contributed by atoms with Gasteiger partial charge in [-0.15, -0.1) is 0 Å². The number of benzene rings is 1. The molecule has 2 aromatic heterocycles. The van der Waals surface area contributed by atoms with Crippen molar-refractivity contribution in [2.75, 3.05) is 5.73 Å². The largest absolute Gasteiger partial charge is 0.369 e. The van der Waals surface area contributed by atoms with Gasteiger partial charge in [0.25, 0.3) is 0 Å². The molecule has 1 aromatic carbocycles. The predicted molar refractivity (Wildman–Crippen MR) is 83.9 cm³/mol. The SMILES string of the molecule is Nc1nc2cnc3ccccc3c2n1C(C1CC1)C1CC1. The number of imidazole rings is 1. The van der Waals surface area contributed by atoms with E-state index in [1.165, 1.54) is 36.6 Å². The summed E-state index contributed by atoms with van der Waals surface area (Å²) in [5.74, 6) is 2.25. The lowest BCUT2D eigenvalue weighted by atomic mass is 10.1. The summed E-state index contributed by atoms with van der Waals surface area (Å²) in [6.07, 6.45) is 7.21. The van der Waals surface area contributed by atoms with Gasteiger partial charge in [-0.05, 0) is 43.6 Å². The van der Waals surface area contributed by atoms with Gasteiger partial charge in [-0.2, -0.15) is 0 Å². The molecule has 0 unspecified atom stereocenters. The van der Waals surface area contributed by atoms with E-state index in [1.54, 1.807) is 0 Å². The van der Waals surface area contributed by atoms with Gasteiger partial charge in [0.1, 0.15) is 5.52 Å². The van der Waals surface area contributed by atoms with Crippen LogP contribution in [-0.2, 0) is 0 Å². The van der Waals surface area contributed by atoms with Crippen molar-refractivity contribution in [1.29, 1.82) is 0 Å². The first-order chi connectivity index (χ1) is 10.3. The van der Waals surface area contributed by atoms with Crippen LogP contribution in [-0.4, -0.2) is 14.5 Å². The minimum atomic E-state index is 0.542. The zero-order valence-corrected chi connectivity index (χ0v) is 11.9. The molecule has 2 N–H and O–H groups in total. The molecule has 0 radical (unpaired) electrons. The number of aromatic nitrogens is 3. The summed E-state index contributed by atoms with van der Waals surface area (Å²) in [5, 5.41) is 1.17. The second-order valence-corrected chi connectivity index (χ2v) is 6.51. The predicted octanol–water partition coefficient (Wildman–Crippen LogP) is 3.53. The molecule has 2 fully saturated rings. The Bertz CT molecular complexity index is 830. The van der Waals surface area contributed by atoms with Crippen LogP contribution in [0.25, 0.3) is 21.9 Å². The average molecular weight is 278 g/mol. The Kier molecular flexibility index (Phi) is 2.18. The van der Waals surface area contributed by atoms with Crippen LogP contribution in [0.5, 0.6) is 0 Å². The lowest BCUT2D eigenvalue weighted by molar-refractivity contribution is 0.409. The molecule has 4 nitrogen and oxygen atoms in total. The van der Waals surface area contributed by atoms with Gasteiger partial charge in [-0.1, -0.05) is 18.2 Å². The molecule has 2 aliphatic rings. The number of fused-ring (bicyclic) bond motifs is 3. The van der Waals surface area contributed by atoms with Gasteiger partial charge in [0.05, 0.1) is 17.2 Å². The highest BCUT2D eigenvalue weighted by Crippen LogP contribution is 2.53. The molecule has 5 rings (SSSR count). The molecule has 2 aliphatic carbocycles. The Morgan fingerprint density at radius 2 is 1.76 bits per heavy atom. The maximum absolute atomic E-state index is 6.30. The van der Waals surface area contributed by atoms with Gasteiger partial charge in [0.2, 0.25) is 5.95 Å². The molecular formula is C17H18N4. The van der Waals surface area contributed by atoms with Crippen LogP contribution in [0.15, 0.2) is 30.5 Å². The van der Waals surface area contributed by atoms with Crippen molar-refractivity contribution >= 4 is 27.9 Å². The number of nitrogens with zero attached hydrogens (tertiary/aromatic N) is 3. The van der Waals surface area contributed by atoms with Gasteiger partial charge in [0.15, 0.2) is 0 Å². The quantitative estimate of drug-likeness (QED) is 0.797. The van der Waals surface area contributed by atoms with E-state index in [9.17, 15) is 0 Å². The molecule has 21 heavy (non-hydrogen) atoms. The number of hydrogen-bond acceptors (Lipinski definition) is 3. The van der Waals surface area contributed by atoms with Gasteiger partial charge in [-0.3, -0.25) is 4.98 Å². The van der Waals surface area contributed by atoms with E-state index in [1.807, 2.05) is 12.3 Å². The molecule has 2 saturated carbocycles. The summed E-state index contributed by atoms with van der Waals surface area (Å²) >= 11 is 0. The molecule has 106 valence electrons. The lowest BCUT2D eigenvalue weighted by Gasteiger charge is -2.20. The molecule has 2 heterocycles. The highest BCUT2D eigenvalue weighted by Gasteiger charge is 2.44. The standard InChI is InChI=1S/C17H18N4/c18-17-20-14-9-19-13-4-2-1-3-12(13)16(14)21(17)15(10-5-6-10)11-7-8-11/h1-4,9-11,15H,5-8H2,(H2,18,20). The number of hydrogen-bond donors (Lipinski definition) is 1. The van der Waals surface area contributed by atoms with E-state index in [0.29, 0.717) is 12.0 Å². The first-order valence-corrected chi connectivity index (χ1v) is 7.84. The van der Waals surface area contributed by atoms with E-state index >= 15 is 0 Å². The molecule has 0 spiro atoms. The lowest BCUT2D eigenvalue weighted by Crippen LogP contribution is -2.16. The van der Waals surface area contributed by atoms with Crippen molar-refractivity contribution in [1.82, 2.24) is 14.5 Å². The number of rotatable bonds is 3. The highest BCUT2D eigenvalue weighted by molar-refractivity contribution is 6.03. The van der Waals surface area contributed by atoms with Crippen molar-refractivity contribution in [2.24, 2.45) is 11.8 Å². The molecular weight excluding hydrogens is 260 g/mol. The Labute approximate surface area is 123 Å². The minimum Gasteiger partial charge on any atom is -0.369 e. The third kappa shape index (κ3) is 1.68. The first-order valence-electron chi connectivity index (χ1n) is 7.84. The van der Waals surface area contributed by atoms with Crippen LogP contribution in [0.4, 0.5) is 5.95 Å². The smallest absolute Gasteiger partial charge is 0.201 e. The zero-order valence-electron chi connectivity index (χ0n) is 11.9. The first kappa shape index (κ1) is 11.5. The molecule has 4 heteroatoms. The third-order valence-electron chi connectivity index (χ3n) is 4.96. The number of anilines is 1. The monoisotopic (exact) mass is 278 g/mol. The van der Waals surface area contributed by atoms with E-state index in [4.69, 9.17) is 5.73 Å². The van der Waals surface area contributed by atoms with Crippen molar-refractivity contribution in [3.8, 4) is 0 Å². The van der Waals surface area contributed by atoms with Crippen LogP contribution < -0.4 is 5.73 Å². The molecule has 0 atom stereocenters. The van der Waals surface area contributed by atoms with Crippen LogP contribution in [0.2, 0.25) is 0 Å². The molecule has 0 bridgehead atoms. The van der Waals surface area contributed by atoms with Crippen LogP contribution in [0, 0.1) is 11.8 Å². The summed E-state index contributed by atoms with van der Waals surface area (Å²) in [4.78, 5) is 9.10. The zero-order chi connectivity index (χ0) is 14.0. The third-order valence-corrected chi connectivity index (χ3v) is 4.96. The number of nitrogen functional groups attached to an aromatic ring is 1. The fraction of sp³-hybridized carbons (Fsp3) is 0.412. The summed E-state index contributed by atoms with van der Waals surface area (Å²) < 4.78 is 2.33. The van der Waals surface area contributed by atoms with E-state index in [0.717, 1.165) is 22.9 Å². The maximum Gasteiger partial charge on any atom is 0.201 e. The summed E-state index contributed by atoms with van der Waals surface area (Å²) in [5.41, 5.74) is 9.44. The molecule has 0 saturated heterocycles.